The maximum absolute atomic E-state index is 5.81. The molecule has 0 saturated heterocycles. The van der Waals surface area contributed by atoms with Gasteiger partial charge >= 0.3 is 0 Å². The highest BCUT2D eigenvalue weighted by atomic mass is 32.1. The maximum atomic E-state index is 5.81. The van der Waals surface area contributed by atoms with Gasteiger partial charge in [-0.1, -0.05) is 36.5 Å². The molecule has 4 rings (SSSR count). The van der Waals surface area contributed by atoms with Crippen molar-refractivity contribution in [1.29, 1.82) is 0 Å². The molecule has 2 aromatic carbocycles. The van der Waals surface area contributed by atoms with Gasteiger partial charge < -0.3 is 0 Å². The molecule has 0 N–H and O–H groups in total. The Morgan fingerprint density at radius 1 is 0.917 bits per heavy atom. The van der Waals surface area contributed by atoms with Gasteiger partial charge in [-0.2, -0.15) is 0 Å². The fraction of sp³-hybridized carbons (Fsp3) is 0.0500. The van der Waals surface area contributed by atoms with Gasteiger partial charge in [0.1, 0.15) is 10.5 Å². The van der Waals surface area contributed by atoms with Crippen LogP contribution in [-0.4, -0.2) is 14.5 Å². The van der Waals surface area contributed by atoms with E-state index in [2.05, 4.69) is 30.1 Å². The molecule has 0 atom stereocenters. The molecule has 3 nitrogen and oxygen atoms in total. The molecule has 0 bridgehead atoms. The highest BCUT2D eigenvalue weighted by Crippen LogP contribution is 2.26. The predicted octanol–water partition coefficient (Wildman–Crippen LogP) is 5.13. The molecular weight excluding hydrogens is 314 g/mol. The number of pyridine rings is 1. The van der Waals surface area contributed by atoms with E-state index in [-0.39, 0.29) is 0 Å². The monoisotopic (exact) mass is 329 g/mol. The minimum absolute atomic E-state index is 0.762. The zero-order valence-electron chi connectivity index (χ0n) is 13.2. The Kier molecular flexibility index (Phi) is 3.67. The molecule has 0 radical (unpaired) electrons. The highest BCUT2D eigenvalue weighted by molar-refractivity contribution is 7.71. The van der Waals surface area contributed by atoms with E-state index in [1.54, 1.807) is 12.4 Å². The fourth-order valence-corrected chi connectivity index (χ4v) is 3.20. The van der Waals surface area contributed by atoms with Crippen LogP contribution in [0.5, 0.6) is 0 Å². The van der Waals surface area contributed by atoms with Crippen LogP contribution in [0.4, 0.5) is 0 Å². The number of hydrogen-bond donors (Lipinski definition) is 0. The molecule has 0 amide bonds. The molecule has 0 spiro atoms. The summed E-state index contributed by atoms with van der Waals surface area (Å²) in [5.41, 5.74) is 4.09. The van der Waals surface area contributed by atoms with Crippen molar-refractivity contribution < 1.29 is 0 Å². The number of aromatic nitrogens is 3. The van der Waals surface area contributed by atoms with Crippen LogP contribution >= 0.6 is 12.2 Å². The SMILES string of the molecule is Cc1cccc(-n2c(-c3ccncc3)nc3ccccc3c2=S)c1. The lowest BCUT2D eigenvalue weighted by molar-refractivity contribution is 1.00. The van der Waals surface area contributed by atoms with Gasteiger partial charge in [0, 0.05) is 29.0 Å². The Labute approximate surface area is 145 Å². The van der Waals surface area contributed by atoms with E-state index < -0.39 is 0 Å². The molecule has 116 valence electrons. The first-order chi connectivity index (χ1) is 11.7. The first kappa shape index (κ1) is 14.7. The molecule has 0 aliphatic carbocycles. The lowest BCUT2D eigenvalue weighted by Crippen LogP contribution is -2.05. The van der Waals surface area contributed by atoms with E-state index in [0.29, 0.717) is 0 Å². The van der Waals surface area contributed by atoms with Crippen LogP contribution in [0.15, 0.2) is 73.1 Å². The van der Waals surface area contributed by atoms with Gasteiger partial charge in [0.2, 0.25) is 0 Å². The molecule has 0 saturated carbocycles. The van der Waals surface area contributed by atoms with Gasteiger partial charge in [-0.25, -0.2) is 4.98 Å². The topological polar surface area (TPSA) is 30.7 Å². The molecular formula is C20H15N3S. The van der Waals surface area contributed by atoms with E-state index in [4.69, 9.17) is 17.2 Å². The minimum atomic E-state index is 0.762. The Morgan fingerprint density at radius 3 is 2.50 bits per heavy atom. The second-order valence-corrected chi connectivity index (χ2v) is 6.05. The summed E-state index contributed by atoms with van der Waals surface area (Å²) in [6, 6.07) is 20.2. The van der Waals surface area contributed by atoms with Crippen LogP contribution in [0.25, 0.3) is 28.0 Å². The number of rotatable bonds is 2. The molecule has 2 heterocycles. The molecule has 0 aliphatic rings. The van der Waals surface area contributed by atoms with Crippen LogP contribution in [0.1, 0.15) is 5.56 Å². The molecule has 0 unspecified atom stereocenters. The van der Waals surface area contributed by atoms with Crippen LogP contribution in [0.3, 0.4) is 0 Å². The predicted molar refractivity (Wildman–Crippen MR) is 99.9 cm³/mol. The van der Waals surface area contributed by atoms with Crippen molar-refractivity contribution in [2.45, 2.75) is 6.92 Å². The average molecular weight is 329 g/mol. The molecule has 4 heteroatoms. The third-order valence-corrected chi connectivity index (χ3v) is 4.38. The molecule has 4 aromatic rings. The maximum Gasteiger partial charge on any atom is 0.146 e. The van der Waals surface area contributed by atoms with Crippen LogP contribution < -0.4 is 0 Å². The summed E-state index contributed by atoms with van der Waals surface area (Å²) in [4.78, 5) is 8.99. The van der Waals surface area contributed by atoms with Crippen molar-refractivity contribution in [1.82, 2.24) is 14.5 Å². The quantitative estimate of drug-likeness (QED) is 0.478. The summed E-state index contributed by atoms with van der Waals surface area (Å²) in [7, 11) is 0. The van der Waals surface area contributed by atoms with E-state index in [1.165, 1.54) is 5.56 Å². The first-order valence-corrected chi connectivity index (χ1v) is 8.14. The molecule has 2 aromatic heterocycles. The number of benzene rings is 2. The highest BCUT2D eigenvalue weighted by Gasteiger charge is 2.12. The van der Waals surface area contributed by atoms with Crippen LogP contribution in [-0.2, 0) is 0 Å². The average Bonchev–Trinajstić information content (AvgIpc) is 2.62. The summed E-state index contributed by atoms with van der Waals surface area (Å²) in [5.74, 6) is 0.826. The third kappa shape index (κ3) is 2.51. The Hall–Kier alpha value is -2.85. The van der Waals surface area contributed by atoms with Crippen LogP contribution in [0.2, 0.25) is 0 Å². The number of aryl methyl sites for hydroxylation is 1. The Morgan fingerprint density at radius 2 is 1.71 bits per heavy atom. The number of fused-ring (bicyclic) bond motifs is 1. The van der Waals surface area contributed by atoms with E-state index in [0.717, 1.165) is 32.6 Å². The summed E-state index contributed by atoms with van der Waals surface area (Å²) < 4.78 is 2.80. The van der Waals surface area contributed by atoms with Gasteiger partial charge in [-0.05, 0) is 48.9 Å². The lowest BCUT2D eigenvalue weighted by Gasteiger charge is -2.15. The summed E-state index contributed by atoms with van der Waals surface area (Å²) in [5, 5.41) is 0.979. The number of para-hydroxylation sites is 1. The van der Waals surface area contributed by atoms with Crippen molar-refractivity contribution in [3.63, 3.8) is 0 Å². The second kappa shape index (κ2) is 5.98. The Balaban J connectivity index is 2.13. The van der Waals surface area contributed by atoms with Gasteiger partial charge in [-0.15, -0.1) is 0 Å². The first-order valence-electron chi connectivity index (χ1n) is 7.73. The third-order valence-electron chi connectivity index (χ3n) is 3.97. The smallest absolute Gasteiger partial charge is 0.146 e. The molecule has 0 fully saturated rings. The van der Waals surface area contributed by atoms with Gasteiger partial charge in [0.25, 0.3) is 0 Å². The van der Waals surface area contributed by atoms with E-state index in [1.807, 2.05) is 47.0 Å². The van der Waals surface area contributed by atoms with Crippen molar-refractivity contribution in [3.05, 3.63) is 83.3 Å². The van der Waals surface area contributed by atoms with Crippen LogP contribution in [0, 0.1) is 11.6 Å². The largest absolute Gasteiger partial charge is 0.284 e. The standard InChI is InChI=1S/C20H15N3S/c1-14-5-4-6-16(13-14)23-19(15-9-11-21-12-10-15)22-18-8-3-2-7-17(18)20(23)24/h2-13H,1H3. The summed E-state index contributed by atoms with van der Waals surface area (Å²) in [6.45, 7) is 2.08. The van der Waals surface area contributed by atoms with Gasteiger partial charge in [0.05, 0.1) is 5.52 Å². The van der Waals surface area contributed by atoms with Crippen molar-refractivity contribution in [2.75, 3.05) is 0 Å². The van der Waals surface area contributed by atoms with Crippen molar-refractivity contribution >= 4 is 23.1 Å². The zero-order chi connectivity index (χ0) is 16.5. The van der Waals surface area contributed by atoms with Crippen molar-refractivity contribution in [3.8, 4) is 17.1 Å². The molecule has 24 heavy (non-hydrogen) atoms. The van der Waals surface area contributed by atoms with E-state index in [9.17, 15) is 0 Å². The second-order valence-electron chi connectivity index (χ2n) is 5.67. The fourth-order valence-electron chi connectivity index (χ4n) is 2.83. The van der Waals surface area contributed by atoms with Gasteiger partial charge in [0.15, 0.2) is 0 Å². The van der Waals surface area contributed by atoms with Crippen molar-refractivity contribution in [2.24, 2.45) is 0 Å². The summed E-state index contributed by atoms with van der Waals surface area (Å²) in [6.07, 6.45) is 3.55. The number of hydrogen-bond acceptors (Lipinski definition) is 3. The molecule has 0 aliphatic heterocycles. The van der Waals surface area contributed by atoms with E-state index >= 15 is 0 Å². The zero-order valence-corrected chi connectivity index (χ0v) is 14.0. The Bertz CT molecular complexity index is 1080. The minimum Gasteiger partial charge on any atom is -0.284 e. The lowest BCUT2D eigenvalue weighted by atomic mass is 10.1. The number of nitrogens with zero attached hydrogens (tertiary/aromatic N) is 3. The van der Waals surface area contributed by atoms with Gasteiger partial charge in [-0.3, -0.25) is 9.55 Å². The normalized spacial score (nSPS) is 10.9. The summed E-state index contributed by atoms with van der Waals surface area (Å²) >= 11 is 5.81.